The second-order valence-electron chi connectivity index (χ2n) is 7.48. The number of methoxy groups -OCH3 is 1. The first kappa shape index (κ1) is 18.3. The van der Waals surface area contributed by atoms with Crippen LogP contribution in [0, 0.1) is 11.8 Å². The maximum absolute atomic E-state index is 13.0. The second-order valence-corrected chi connectivity index (χ2v) is 8.20. The van der Waals surface area contributed by atoms with Crippen LogP contribution in [0.25, 0.3) is 0 Å². The molecule has 1 amide bonds. The van der Waals surface area contributed by atoms with E-state index in [4.69, 9.17) is 9.47 Å². The van der Waals surface area contributed by atoms with Crippen molar-refractivity contribution in [2.75, 3.05) is 20.2 Å². The maximum atomic E-state index is 13.0. The Balaban J connectivity index is 1.44. The lowest BCUT2D eigenvalue weighted by atomic mass is 9.75. The molecule has 0 spiro atoms. The molecule has 2 aliphatic rings. The van der Waals surface area contributed by atoms with Gasteiger partial charge in [-0.25, -0.2) is 4.98 Å². The Bertz CT molecular complexity index is 778. The molecule has 1 aromatic carbocycles. The van der Waals surface area contributed by atoms with Crippen LogP contribution in [0.1, 0.15) is 48.2 Å². The summed E-state index contributed by atoms with van der Waals surface area (Å²) in [5.41, 5.74) is 3.34. The van der Waals surface area contributed by atoms with E-state index in [-0.39, 0.29) is 5.91 Å². The second kappa shape index (κ2) is 8.30. The van der Waals surface area contributed by atoms with Gasteiger partial charge in [0.05, 0.1) is 18.3 Å². The van der Waals surface area contributed by atoms with Crippen molar-refractivity contribution in [3.8, 4) is 11.5 Å². The summed E-state index contributed by atoms with van der Waals surface area (Å²) in [6.07, 6.45) is 6.41. The molecule has 4 rings (SSSR count). The maximum Gasteiger partial charge on any atom is 0.254 e. The zero-order valence-corrected chi connectivity index (χ0v) is 16.5. The van der Waals surface area contributed by atoms with Gasteiger partial charge in [0, 0.05) is 24.0 Å². The molecule has 1 aliphatic carbocycles. The summed E-state index contributed by atoms with van der Waals surface area (Å²) in [5, 5.41) is 1.96. The lowest BCUT2D eigenvalue weighted by molar-refractivity contribution is 0.0520. The lowest BCUT2D eigenvalue weighted by Crippen LogP contribution is -2.44. The van der Waals surface area contributed by atoms with Crippen molar-refractivity contribution in [3.63, 3.8) is 0 Å². The van der Waals surface area contributed by atoms with Gasteiger partial charge in [-0.05, 0) is 42.9 Å². The smallest absolute Gasteiger partial charge is 0.254 e. The van der Waals surface area contributed by atoms with Crippen LogP contribution in [0.15, 0.2) is 29.1 Å². The highest BCUT2D eigenvalue weighted by Crippen LogP contribution is 2.37. The van der Waals surface area contributed by atoms with E-state index >= 15 is 0 Å². The van der Waals surface area contributed by atoms with E-state index in [1.807, 2.05) is 22.4 Å². The molecule has 1 saturated carbocycles. The Morgan fingerprint density at radius 3 is 2.85 bits per heavy atom. The Kier molecular flexibility index (Phi) is 5.62. The van der Waals surface area contributed by atoms with Crippen LogP contribution in [0.5, 0.6) is 11.5 Å². The predicted molar refractivity (Wildman–Crippen MR) is 105 cm³/mol. The van der Waals surface area contributed by atoms with Gasteiger partial charge in [0.15, 0.2) is 11.5 Å². The largest absolute Gasteiger partial charge is 0.493 e. The lowest BCUT2D eigenvalue weighted by Gasteiger charge is -2.41. The molecule has 2 aromatic rings. The van der Waals surface area contributed by atoms with Gasteiger partial charge in [0.2, 0.25) is 0 Å². The minimum atomic E-state index is 0.100. The van der Waals surface area contributed by atoms with Gasteiger partial charge >= 0.3 is 0 Å². The van der Waals surface area contributed by atoms with Crippen molar-refractivity contribution in [1.82, 2.24) is 9.88 Å². The molecular weight excluding hydrogens is 360 g/mol. The van der Waals surface area contributed by atoms with Crippen molar-refractivity contribution >= 4 is 17.2 Å². The standard InChI is InChI=1S/C21H26N2O3S/c1-25-20-10-16(6-7-19(20)26-12-18-13-27-14-22-18)21(24)23-9-8-15-4-2-3-5-17(15)11-23/h6-7,10,13-15,17H,2-5,8-9,11-12H2,1H3. The fourth-order valence-electron chi connectivity index (χ4n) is 4.35. The molecule has 27 heavy (non-hydrogen) atoms. The molecule has 2 atom stereocenters. The van der Waals surface area contributed by atoms with Gasteiger partial charge in [0.1, 0.15) is 6.61 Å². The van der Waals surface area contributed by atoms with Crippen LogP contribution < -0.4 is 9.47 Å². The van der Waals surface area contributed by atoms with E-state index in [9.17, 15) is 4.79 Å². The summed E-state index contributed by atoms with van der Waals surface area (Å²) < 4.78 is 11.3. The average Bonchev–Trinajstić information content (AvgIpc) is 3.25. The monoisotopic (exact) mass is 386 g/mol. The van der Waals surface area contributed by atoms with Crippen molar-refractivity contribution in [2.24, 2.45) is 11.8 Å². The fraction of sp³-hybridized carbons (Fsp3) is 0.524. The van der Waals surface area contributed by atoms with E-state index in [1.54, 1.807) is 30.0 Å². The van der Waals surface area contributed by atoms with Gasteiger partial charge in [-0.15, -0.1) is 11.3 Å². The SMILES string of the molecule is COc1cc(C(=O)N2CCC3CCCCC3C2)ccc1OCc1cscn1. The van der Waals surface area contributed by atoms with Crippen LogP contribution >= 0.6 is 11.3 Å². The number of amides is 1. The topological polar surface area (TPSA) is 51.7 Å². The number of nitrogens with zero attached hydrogens (tertiary/aromatic N) is 2. The zero-order chi connectivity index (χ0) is 18.6. The summed E-state index contributed by atoms with van der Waals surface area (Å²) in [5.74, 6) is 2.82. The molecule has 0 N–H and O–H groups in total. The predicted octanol–water partition coefficient (Wildman–Crippen LogP) is 4.38. The summed E-state index contributed by atoms with van der Waals surface area (Å²) in [4.78, 5) is 19.3. The van der Waals surface area contributed by atoms with E-state index in [0.29, 0.717) is 29.6 Å². The molecule has 2 unspecified atom stereocenters. The van der Waals surface area contributed by atoms with Gasteiger partial charge < -0.3 is 14.4 Å². The van der Waals surface area contributed by atoms with Crippen LogP contribution in [-0.4, -0.2) is 36.0 Å². The quantitative estimate of drug-likeness (QED) is 0.765. The van der Waals surface area contributed by atoms with Crippen LogP contribution in [0.3, 0.4) is 0 Å². The van der Waals surface area contributed by atoms with Crippen molar-refractivity contribution in [2.45, 2.75) is 38.7 Å². The number of rotatable bonds is 5. The molecule has 5 nitrogen and oxygen atoms in total. The minimum absolute atomic E-state index is 0.100. The number of hydrogen-bond donors (Lipinski definition) is 0. The highest BCUT2D eigenvalue weighted by Gasteiger charge is 2.33. The summed E-state index contributed by atoms with van der Waals surface area (Å²) >= 11 is 1.54. The van der Waals surface area contributed by atoms with Gasteiger partial charge in [-0.3, -0.25) is 4.79 Å². The first-order chi connectivity index (χ1) is 13.2. The number of aromatic nitrogens is 1. The van der Waals surface area contributed by atoms with E-state index in [1.165, 1.54) is 25.7 Å². The molecule has 6 heteroatoms. The third-order valence-electron chi connectivity index (χ3n) is 5.85. The molecule has 0 bridgehead atoms. The number of thiazole rings is 1. The van der Waals surface area contributed by atoms with Crippen LogP contribution in [0.4, 0.5) is 0 Å². The van der Waals surface area contributed by atoms with E-state index in [2.05, 4.69) is 4.98 Å². The highest BCUT2D eigenvalue weighted by molar-refractivity contribution is 7.07. The third-order valence-corrected chi connectivity index (χ3v) is 6.48. The normalized spacial score (nSPS) is 22.2. The molecule has 1 aromatic heterocycles. The number of carbonyl (C=O) groups is 1. The molecule has 2 heterocycles. The van der Waals surface area contributed by atoms with Crippen molar-refractivity contribution in [3.05, 3.63) is 40.3 Å². The number of hydrogen-bond acceptors (Lipinski definition) is 5. The molecule has 0 radical (unpaired) electrons. The van der Waals surface area contributed by atoms with Crippen LogP contribution in [0.2, 0.25) is 0 Å². The Hall–Kier alpha value is -2.08. The first-order valence-corrected chi connectivity index (χ1v) is 10.7. The molecule has 144 valence electrons. The first-order valence-electron chi connectivity index (χ1n) is 9.72. The number of fused-ring (bicyclic) bond motifs is 1. The van der Waals surface area contributed by atoms with Gasteiger partial charge in [-0.1, -0.05) is 19.3 Å². The van der Waals surface area contributed by atoms with E-state index < -0.39 is 0 Å². The van der Waals surface area contributed by atoms with Crippen LogP contribution in [-0.2, 0) is 6.61 Å². The average molecular weight is 387 g/mol. The highest BCUT2D eigenvalue weighted by atomic mass is 32.1. The zero-order valence-electron chi connectivity index (χ0n) is 15.7. The number of likely N-dealkylation sites (tertiary alicyclic amines) is 1. The minimum Gasteiger partial charge on any atom is -0.493 e. The molecule has 1 aliphatic heterocycles. The van der Waals surface area contributed by atoms with E-state index in [0.717, 1.165) is 31.1 Å². The van der Waals surface area contributed by atoms with Gasteiger partial charge in [0.25, 0.3) is 5.91 Å². The third kappa shape index (κ3) is 4.10. The number of ether oxygens (including phenoxy) is 2. The molecule has 1 saturated heterocycles. The molecular formula is C21H26N2O3S. The number of carbonyl (C=O) groups excluding carboxylic acids is 1. The molecule has 2 fully saturated rings. The Morgan fingerprint density at radius 1 is 1.22 bits per heavy atom. The van der Waals surface area contributed by atoms with Gasteiger partial charge in [-0.2, -0.15) is 0 Å². The summed E-state index contributed by atoms with van der Waals surface area (Å²) in [6.45, 7) is 2.15. The van der Waals surface area contributed by atoms with Crippen molar-refractivity contribution < 1.29 is 14.3 Å². The number of benzene rings is 1. The Morgan fingerprint density at radius 2 is 2.07 bits per heavy atom. The summed E-state index contributed by atoms with van der Waals surface area (Å²) in [6, 6.07) is 5.46. The fourth-order valence-corrected chi connectivity index (χ4v) is 4.89. The summed E-state index contributed by atoms with van der Waals surface area (Å²) in [7, 11) is 1.60. The number of piperidine rings is 1. The Labute approximate surface area is 164 Å². The van der Waals surface area contributed by atoms with Crippen molar-refractivity contribution in [1.29, 1.82) is 0 Å².